The second kappa shape index (κ2) is 8.76. The summed E-state index contributed by atoms with van der Waals surface area (Å²) in [6.07, 6.45) is -9.70. The van der Waals surface area contributed by atoms with Crippen molar-refractivity contribution in [1.29, 1.82) is 0 Å². The summed E-state index contributed by atoms with van der Waals surface area (Å²) in [6, 6.07) is 7.69. The van der Waals surface area contributed by atoms with Crippen LogP contribution in [0, 0.1) is 0 Å². The molecule has 0 saturated carbocycles. The number of hydrogen-bond donors (Lipinski definition) is 2. The van der Waals surface area contributed by atoms with Gasteiger partial charge in [-0.15, -0.1) is 10.2 Å². The van der Waals surface area contributed by atoms with Gasteiger partial charge in [0.2, 0.25) is 5.82 Å². The average Bonchev–Trinajstić information content (AvgIpc) is 3.44. The lowest BCUT2D eigenvalue weighted by Gasteiger charge is -2.17. The van der Waals surface area contributed by atoms with Crippen LogP contribution in [-0.4, -0.2) is 40.5 Å². The number of nitrogens with zero attached hydrogens (tertiary/aromatic N) is 3. The standard InChI is InChI=1S/C20H15F6N5O3/c1-32-15-4-10-5-17(18-28-30-31-29-18)34-16(10)6-11(15)8-27-12-2-3-14(33-9-19(21,22)23)13(7-12)20(24,25)26/h2-7,27H,8-9H2,1H3,(H,28,29,30,31). The van der Waals surface area contributed by atoms with Gasteiger partial charge in [0.05, 0.1) is 12.7 Å². The molecule has 2 N–H and O–H groups in total. The number of halogens is 6. The molecule has 0 aliphatic carbocycles. The van der Waals surface area contributed by atoms with Crippen LogP contribution < -0.4 is 14.8 Å². The predicted molar refractivity (Wildman–Crippen MR) is 106 cm³/mol. The minimum absolute atomic E-state index is 0.0146. The molecule has 2 aromatic carbocycles. The molecule has 0 radical (unpaired) electrons. The highest BCUT2D eigenvalue weighted by molar-refractivity contribution is 5.84. The van der Waals surface area contributed by atoms with Crippen molar-refractivity contribution in [3.8, 4) is 23.1 Å². The summed E-state index contributed by atoms with van der Waals surface area (Å²) in [5.41, 5.74) is -0.319. The van der Waals surface area contributed by atoms with E-state index in [1.807, 2.05) is 0 Å². The van der Waals surface area contributed by atoms with Crippen molar-refractivity contribution in [3.05, 3.63) is 47.5 Å². The highest BCUT2D eigenvalue weighted by Gasteiger charge is 2.36. The second-order valence-corrected chi connectivity index (χ2v) is 7.01. The number of furan rings is 1. The number of anilines is 1. The minimum Gasteiger partial charge on any atom is -0.496 e. The fourth-order valence-corrected chi connectivity index (χ4v) is 3.16. The van der Waals surface area contributed by atoms with E-state index in [1.165, 1.54) is 13.2 Å². The van der Waals surface area contributed by atoms with Gasteiger partial charge in [-0.05, 0) is 41.6 Å². The molecular weight excluding hydrogens is 472 g/mol. The van der Waals surface area contributed by atoms with E-state index in [4.69, 9.17) is 9.15 Å². The largest absolute Gasteiger partial charge is 0.496 e. The molecule has 8 nitrogen and oxygen atoms in total. The van der Waals surface area contributed by atoms with Crippen molar-refractivity contribution in [1.82, 2.24) is 20.6 Å². The maximum Gasteiger partial charge on any atom is 0.422 e. The van der Waals surface area contributed by atoms with Crippen LogP contribution in [0.3, 0.4) is 0 Å². The summed E-state index contributed by atoms with van der Waals surface area (Å²) in [4.78, 5) is 0. The minimum atomic E-state index is -4.92. The third-order valence-electron chi connectivity index (χ3n) is 4.64. The Balaban J connectivity index is 1.57. The number of methoxy groups -OCH3 is 1. The summed E-state index contributed by atoms with van der Waals surface area (Å²) in [5.74, 6) is 0.100. The molecule has 0 aliphatic heterocycles. The van der Waals surface area contributed by atoms with Crippen LogP contribution in [0.1, 0.15) is 11.1 Å². The summed E-state index contributed by atoms with van der Waals surface area (Å²) < 4.78 is 92.7. The number of ether oxygens (including phenoxy) is 2. The van der Waals surface area contributed by atoms with Gasteiger partial charge in [-0.1, -0.05) is 0 Å². The molecular formula is C20H15F6N5O3. The summed E-state index contributed by atoms with van der Waals surface area (Å²) >= 11 is 0. The lowest BCUT2D eigenvalue weighted by Crippen LogP contribution is -2.21. The van der Waals surface area contributed by atoms with E-state index in [2.05, 4.69) is 30.7 Å². The van der Waals surface area contributed by atoms with Gasteiger partial charge in [0.25, 0.3) is 0 Å². The summed E-state index contributed by atoms with van der Waals surface area (Å²) in [6.45, 7) is -1.81. The Morgan fingerprint density at radius 1 is 1.03 bits per heavy atom. The second-order valence-electron chi connectivity index (χ2n) is 7.01. The van der Waals surface area contributed by atoms with Gasteiger partial charge < -0.3 is 19.2 Å². The number of aromatic amines is 1. The average molecular weight is 487 g/mol. The molecule has 4 rings (SSSR count). The van der Waals surface area contributed by atoms with Crippen LogP contribution in [0.2, 0.25) is 0 Å². The fourth-order valence-electron chi connectivity index (χ4n) is 3.16. The first-order chi connectivity index (χ1) is 16.0. The highest BCUT2D eigenvalue weighted by atomic mass is 19.4. The molecule has 2 heterocycles. The molecule has 34 heavy (non-hydrogen) atoms. The monoisotopic (exact) mass is 487 g/mol. The molecule has 0 amide bonds. The molecule has 4 aromatic rings. The van der Waals surface area contributed by atoms with Crippen molar-refractivity contribution in [3.63, 3.8) is 0 Å². The van der Waals surface area contributed by atoms with E-state index < -0.39 is 30.3 Å². The lowest BCUT2D eigenvalue weighted by molar-refractivity contribution is -0.158. The third kappa shape index (κ3) is 5.15. The third-order valence-corrected chi connectivity index (χ3v) is 4.64. The van der Waals surface area contributed by atoms with E-state index in [1.54, 1.807) is 18.2 Å². The molecule has 14 heteroatoms. The quantitative estimate of drug-likeness (QED) is 0.346. The zero-order valence-corrected chi connectivity index (χ0v) is 17.2. The molecule has 0 atom stereocenters. The van der Waals surface area contributed by atoms with Crippen LogP contribution in [0.15, 0.2) is 40.8 Å². The molecule has 0 unspecified atom stereocenters. The number of benzene rings is 2. The van der Waals surface area contributed by atoms with Gasteiger partial charge >= 0.3 is 12.4 Å². The number of hydrogen-bond acceptors (Lipinski definition) is 7. The zero-order chi connectivity index (χ0) is 24.5. The number of tetrazole rings is 1. The number of H-pyrrole nitrogens is 1. The predicted octanol–water partition coefficient (Wildman–Crippen LogP) is 5.19. The first kappa shape index (κ1) is 23.2. The van der Waals surface area contributed by atoms with Crippen molar-refractivity contribution in [2.45, 2.75) is 18.9 Å². The molecule has 0 bridgehead atoms. The Kier molecular flexibility index (Phi) is 5.98. The van der Waals surface area contributed by atoms with Crippen LogP contribution in [-0.2, 0) is 12.7 Å². The Labute approximate surface area is 186 Å². The lowest BCUT2D eigenvalue weighted by atomic mass is 10.1. The van der Waals surface area contributed by atoms with Crippen molar-refractivity contribution in [2.75, 3.05) is 19.0 Å². The highest BCUT2D eigenvalue weighted by Crippen LogP contribution is 2.39. The normalized spacial score (nSPS) is 12.2. The number of rotatable bonds is 7. The van der Waals surface area contributed by atoms with Gasteiger partial charge in [-0.25, -0.2) is 0 Å². The van der Waals surface area contributed by atoms with E-state index in [-0.39, 0.29) is 18.1 Å². The van der Waals surface area contributed by atoms with Crippen LogP contribution in [0.5, 0.6) is 11.5 Å². The number of nitrogens with one attached hydrogen (secondary N) is 2. The Bertz CT molecular complexity index is 1280. The molecule has 0 saturated heterocycles. The van der Waals surface area contributed by atoms with Gasteiger partial charge in [-0.3, -0.25) is 0 Å². The Hall–Kier alpha value is -3.97. The SMILES string of the molecule is COc1cc2cc(-c3nn[nH]n3)oc2cc1CNc1ccc(OCC(F)(F)F)c(C(F)(F)F)c1. The van der Waals surface area contributed by atoms with Crippen molar-refractivity contribution >= 4 is 16.7 Å². The van der Waals surface area contributed by atoms with Crippen molar-refractivity contribution < 1.29 is 40.2 Å². The van der Waals surface area contributed by atoms with E-state index in [0.29, 0.717) is 34.1 Å². The van der Waals surface area contributed by atoms with E-state index in [9.17, 15) is 26.3 Å². The number of fused-ring (bicyclic) bond motifs is 1. The van der Waals surface area contributed by atoms with Crippen LogP contribution in [0.4, 0.5) is 32.0 Å². The maximum atomic E-state index is 13.4. The van der Waals surface area contributed by atoms with Crippen LogP contribution >= 0.6 is 0 Å². The topological polar surface area (TPSA) is 98.1 Å². The maximum absolute atomic E-state index is 13.4. The number of aromatic nitrogens is 4. The number of alkyl halides is 6. The van der Waals surface area contributed by atoms with Gasteiger partial charge in [-0.2, -0.15) is 31.6 Å². The molecule has 0 aliphatic rings. The summed E-state index contributed by atoms with van der Waals surface area (Å²) in [7, 11) is 1.43. The first-order valence-corrected chi connectivity index (χ1v) is 9.52. The fraction of sp³-hybridized carbons (Fsp3) is 0.250. The van der Waals surface area contributed by atoms with Gasteiger partial charge in [0.1, 0.15) is 17.1 Å². The smallest absolute Gasteiger partial charge is 0.422 e. The van der Waals surface area contributed by atoms with Gasteiger partial charge in [0.15, 0.2) is 12.4 Å². The zero-order valence-electron chi connectivity index (χ0n) is 17.2. The molecule has 0 spiro atoms. The van der Waals surface area contributed by atoms with Gasteiger partial charge in [0, 0.05) is 23.2 Å². The van der Waals surface area contributed by atoms with Crippen molar-refractivity contribution in [2.24, 2.45) is 0 Å². The Morgan fingerprint density at radius 3 is 2.47 bits per heavy atom. The Morgan fingerprint density at radius 2 is 1.82 bits per heavy atom. The van der Waals surface area contributed by atoms with Crippen LogP contribution in [0.25, 0.3) is 22.6 Å². The molecule has 180 valence electrons. The molecule has 2 aromatic heterocycles. The summed E-state index contributed by atoms with van der Waals surface area (Å²) in [5, 5.41) is 16.9. The van der Waals surface area contributed by atoms with E-state index in [0.717, 1.165) is 6.07 Å². The first-order valence-electron chi connectivity index (χ1n) is 9.52. The van der Waals surface area contributed by atoms with E-state index >= 15 is 0 Å². The molecule has 0 fully saturated rings.